The molecule has 0 saturated carbocycles. The highest BCUT2D eigenvalue weighted by Crippen LogP contribution is 2.32. The van der Waals surface area contributed by atoms with Gasteiger partial charge in [0.2, 0.25) is 5.95 Å². The molecule has 0 bridgehead atoms. The van der Waals surface area contributed by atoms with E-state index in [0.29, 0.717) is 11.0 Å². The van der Waals surface area contributed by atoms with Crippen LogP contribution >= 0.6 is 34.8 Å². The minimum atomic E-state index is -2.16. The lowest BCUT2D eigenvalue weighted by Crippen LogP contribution is -2.25. The number of hydrogen-bond acceptors (Lipinski definition) is 3. The fourth-order valence-electron chi connectivity index (χ4n) is 1.45. The van der Waals surface area contributed by atoms with Crippen LogP contribution in [0.15, 0.2) is 29.4 Å². The molecule has 0 radical (unpaired) electrons. The number of para-hydroxylation sites is 2. The van der Waals surface area contributed by atoms with E-state index in [1.54, 1.807) is 24.3 Å². The van der Waals surface area contributed by atoms with E-state index in [-0.39, 0.29) is 5.95 Å². The molecule has 0 saturated heterocycles. The zero-order chi connectivity index (χ0) is 13.3. The van der Waals surface area contributed by atoms with E-state index in [0.717, 1.165) is 4.57 Å². The second-order valence-corrected chi connectivity index (χ2v) is 5.51. The number of aromatic nitrogens is 2. The van der Waals surface area contributed by atoms with Crippen molar-refractivity contribution in [2.45, 2.75) is 3.79 Å². The van der Waals surface area contributed by atoms with Gasteiger partial charge in [0.05, 0.1) is 11.0 Å². The van der Waals surface area contributed by atoms with Crippen LogP contribution in [0.4, 0.5) is 5.95 Å². The van der Waals surface area contributed by atoms with Crippen LogP contribution in [0, 0.1) is 0 Å². The third-order valence-corrected chi connectivity index (χ3v) is 2.61. The summed E-state index contributed by atoms with van der Waals surface area (Å²) in [5, 5.41) is 3.31. The molecule has 0 aliphatic heterocycles. The van der Waals surface area contributed by atoms with Gasteiger partial charge in [-0.1, -0.05) is 46.9 Å². The minimum Gasteiger partial charge on any atom is -0.269 e. The van der Waals surface area contributed by atoms with Gasteiger partial charge in [-0.2, -0.15) is 0 Å². The number of imidazole rings is 1. The molecule has 1 heterocycles. The molecule has 0 N–H and O–H groups in total. The topological polar surface area (TPSA) is 83.7 Å². The molecule has 0 aliphatic carbocycles. The van der Waals surface area contributed by atoms with Gasteiger partial charge in [0.1, 0.15) is 0 Å². The second kappa shape index (κ2) is 4.66. The molecular weight excluding hydrogens is 300 g/mol. The Morgan fingerprint density at radius 3 is 2.67 bits per heavy atom. The number of rotatable bonds is 1. The summed E-state index contributed by atoms with van der Waals surface area (Å²) < 4.78 is -1.19. The lowest BCUT2D eigenvalue weighted by molar-refractivity contribution is 0.0924. The molecule has 0 aliphatic rings. The number of halogens is 3. The van der Waals surface area contributed by atoms with Crippen LogP contribution in [0.3, 0.4) is 0 Å². The van der Waals surface area contributed by atoms with Gasteiger partial charge in [-0.25, -0.2) is 4.98 Å². The Bertz CT molecular complexity index is 668. The lowest BCUT2D eigenvalue weighted by atomic mass is 10.3. The summed E-state index contributed by atoms with van der Waals surface area (Å²) in [5.41, 5.74) is 9.31. The van der Waals surface area contributed by atoms with Gasteiger partial charge in [0.25, 0.3) is 9.70 Å². The summed E-state index contributed by atoms with van der Waals surface area (Å²) in [6, 6.07) is 6.66. The SMILES string of the molecule is [N-]=[N+]=Nc1nc2ccccc2n1C(=O)C(Cl)(Cl)Cl. The number of azide groups is 1. The maximum absolute atomic E-state index is 12.0. The molecule has 0 amide bonds. The molecule has 9 heteroatoms. The molecule has 2 rings (SSSR count). The second-order valence-electron chi connectivity index (χ2n) is 3.23. The van der Waals surface area contributed by atoms with Gasteiger partial charge >= 0.3 is 0 Å². The number of carbonyl (C=O) groups is 1. The van der Waals surface area contributed by atoms with Crippen molar-refractivity contribution in [2.75, 3.05) is 0 Å². The summed E-state index contributed by atoms with van der Waals surface area (Å²) in [6.07, 6.45) is 0. The minimum absolute atomic E-state index is 0.171. The molecule has 18 heavy (non-hydrogen) atoms. The predicted octanol–water partition coefficient (Wildman–Crippen LogP) is 3.99. The average Bonchev–Trinajstić information content (AvgIpc) is 2.65. The third-order valence-electron chi connectivity index (χ3n) is 2.12. The van der Waals surface area contributed by atoms with Gasteiger partial charge in [-0.05, 0) is 22.8 Å². The van der Waals surface area contributed by atoms with Gasteiger partial charge in [0.15, 0.2) is 0 Å². The van der Waals surface area contributed by atoms with Crippen molar-refractivity contribution in [1.82, 2.24) is 9.55 Å². The van der Waals surface area contributed by atoms with E-state index in [4.69, 9.17) is 40.3 Å². The van der Waals surface area contributed by atoms with E-state index in [1.807, 2.05) is 0 Å². The third kappa shape index (κ3) is 2.23. The lowest BCUT2D eigenvalue weighted by Gasteiger charge is -2.11. The standard InChI is InChI=1S/C9H4Cl3N5O/c10-9(11,12)7(18)17-6-4-2-1-3-5(6)14-8(17)15-16-13/h1-4H. The van der Waals surface area contributed by atoms with Gasteiger partial charge < -0.3 is 0 Å². The summed E-state index contributed by atoms with van der Waals surface area (Å²) in [6.45, 7) is 0. The van der Waals surface area contributed by atoms with E-state index in [9.17, 15) is 4.79 Å². The Morgan fingerprint density at radius 1 is 1.39 bits per heavy atom. The first-order chi connectivity index (χ1) is 8.45. The van der Waals surface area contributed by atoms with Crippen molar-refractivity contribution in [3.05, 3.63) is 34.7 Å². The summed E-state index contributed by atoms with van der Waals surface area (Å²) in [5.74, 6) is -1.03. The van der Waals surface area contributed by atoms with Crippen LogP contribution in [0.5, 0.6) is 0 Å². The molecular formula is C9H4Cl3N5O. The number of benzene rings is 1. The highest BCUT2D eigenvalue weighted by atomic mass is 35.6. The van der Waals surface area contributed by atoms with Crippen molar-refractivity contribution in [3.8, 4) is 0 Å². The first-order valence-corrected chi connectivity index (χ1v) is 5.72. The quantitative estimate of drug-likeness (QED) is 0.345. The van der Waals surface area contributed by atoms with Gasteiger partial charge in [-0.3, -0.25) is 9.36 Å². The zero-order valence-electron chi connectivity index (χ0n) is 8.59. The first-order valence-electron chi connectivity index (χ1n) is 4.59. The molecule has 0 fully saturated rings. The monoisotopic (exact) mass is 303 g/mol. The van der Waals surface area contributed by atoms with E-state index in [2.05, 4.69) is 15.0 Å². The van der Waals surface area contributed by atoms with Gasteiger partial charge in [0, 0.05) is 4.91 Å². The Kier molecular flexibility index (Phi) is 3.36. The number of carbonyl (C=O) groups excluding carboxylic acids is 1. The molecule has 2 aromatic rings. The van der Waals surface area contributed by atoms with Crippen LogP contribution in [0.2, 0.25) is 0 Å². The molecule has 0 spiro atoms. The van der Waals surface area contributed by atoms with Crippen LogP contribution < -0.4 is 0 Å². The zero-order valence-corrected chi connectivity index (χ0v) is 10.9. The summed E-state index contributed by atoms with van der Waals surface area (Å²) in [7, 11) is 0. The van der Waals surface area contributed by atoms with Crippen LogP contribution in [0.25, 0.3) is 21.5 Å². The molecule has 92 valence electrons. The fourth-order valence-corrected chi connectivity index (χ4v) is 1.70. The largest absolute Gasteiger partial charge is 0.284 e. The van der Waals surface area contributed by atoms with Gasteiger partial charge in [-0.15, -0.1) is 0 Å². The molecule has 1 aromatic carbocycles. The first kappa shape index (κ1) is 13.0. The smallest absolute Gasteiger partial charge is 0.269 e. The number of nitrogens with zero attached hydrogens (tertiary/aromatic N) is 5. The Labute approximate surface area is 116 Å². The maximum Gasteiger partial charge on any atom is 0.284 e. The van der Waals surface area contributed by atoms with Crippen LogP contribution in [0.1, 0.15) is 4.79 Å². The van der Waals surface area contributed by atoms with Crippen molar-refractivity contribution in [1.29, 1.82) is 0 Å². The normalized spacial score (nSPS) is 11.3. The van der Waals surface area contributed by atoms with Crippen molar-refractivity contribution < 1.29 is 4.79 Å². The highest BCUT2D eigenvalue weighted by Gasteiger charge is 2.34. The molecule has 0 atom stereocenters. The Hall–Kier alpha value is -1.46. The van der Waals surface area contributed by atoms with Crippen molar-refractivity contribution >= 4 is 57.7 Å². The van der Waals surface area contributed by atoms with E-state index in [1.165, 1.54) is 0 Å². The number of fused-ring (bicyclic) bond motifs is 1. The fraction of sp³-hybridized carbons (Fsp3) is 0.111. The molecule has 6 nitrogen and oxygen atoms in total. The Balaban J connectivity index is 2.77. The summed E-state index contributed by atoms with van der Waals surface area (Å²) >= 11 is 16.6. The summed E-state index contributed by atoms with van der Waals surface area (Å²) in [4.78, 5) is 18.6. The number of hydrogen-bond donors (Lipinski definition) is 0. The molecule has 0 unspecified atom stereocenters. The van der Waals surface area contributed by atoms with Crippen molar-refractivity contribution in [2.24, 2.45) is 5.11 Å². The Morgan fingerprint density at radius 2 is 2.06 bits per heavy atom. The van der Waals surface area contributed by atoms with E-state index >= 15 is 0 Å². The van der Waals surface area contributed by atoms with E-state index < -0.39 is 9.70 Å². The maximum atomic E-state index is 12.0. The van der Waals surface area contributed by atoms with Crippen LogP contribution in [-0.4, -0.2) is 19.3 Å². The average molecular weight is 305 g/mol. The highest BCUT2D eigenvalue weighted by molar-refractivity contribution is 6.76. The van der Waals surface area contributed by atoms with Crippen LogP contribution in [-0.2, 0) is 0 Å². The molecule has 1 aromatic heterocycles. The number of alkyl halides is 3. The predicted molar refractivity (Wildman–Crippen MR) is 69.5 cm³/mol. The van der Waals surface area contributed by atoms with Crippen molar-refractivity contribution in [3.63, 3.8) is 0 Å².